The summed E-state index contributed by atoms with van der Waals surface area (Å²) in [7, 11) is -3.54. The highest BCUT2D eigenvalue weighted by Crippen LogP contribution is 2.22. The first-order chi connectivity index (χ1) is 15.3. The lowest BCUT2D eigenvalue weighted by atomic mass is 10.1. The molecular formula is C22H27F2N3O4S. The Labute approximate surface area is 186 Å². The molecule has 1 heterocycles. The zero-order valence-corrected chi connectivity index (χ0v) is 18.4. The van der Waals surface area contributed by atoms with Gasteiger partial charge in [-0.15, -0.1) is 0 Å². The second-order valence-electron chi connectivity index (χ2n) is 7.47. The number of rotatable bonds is 10. The van der Waals surface area contributed by atoms with E-state index in [1.54, 1.807) is 36.4 Å². The molecule has 32 heavy (non-hydrogen) atoms. The smallest absolute Gasteiger partial charge is 0.387 e. The van der Waals surface area contributed by atoms with E-state index in [1.807, 2.05) is 0 Å². The fourth-order valence-electron chi connectivity index (χ4n) is 3.45. The number of carbonyl (C=O) groups excluding carboxylic acids is 1. The van der Waals surface area contributed by atoms with Crippen molar-refractivity contribution in [2.75, 3.05) is 31.5 Å². The summed E-state index contributed by atoms with van der Waals surface area (Å²) in [5, 5.41) is 5.72. The fourth-order valence-corrected chi connectivity index (χ4v) is 5.01. The Kier molecular flexibility index (Phi) is 8.40. The second-order valence-corrected chi connectivity index (χ2v) is 9.41. The number of piperidine rings is 1. The van der Waals surface area contributed by atoms with E-state index in [-0.39, 0.29) is 23.1 Å². The Morgan fingerprint density at radius 3 is 2.47 bits per heavy atom. The monoisotopic (exact) mass is 467 g/mol. The van der Waals surface area contributed by atoms with Crippen LogP contribution in [0.1, 0.15) is 24.8 Å². The summed E-state index contributed by atoms with van der Waals surface area (Å²) in [6, 6.07) is 12.7. The molecule has 1 aliphatic heterocycles. The van der Waals surface area contributed by atoms with Gasteiger partial charge in [-0.2, -0.15) is 13.1 Å². The van der Waals surface area contributed by atoms with E-state index < -0.39 is 16.6 Å². The third-order valence-electron chi connectivity index (χ3n) is 5.12. The van der Waals surface area contributed by atoms with Gasteiger partial charge in [0.25, 0.3) is 0 Å². The summed E-state index contributed by atoms with van der Waals surface area (Å²) < 4.78 is 55.7. The predicted octanol–water partition coefficient (Wildman–Crippen LogP) is 3.23. The number of nitrogens with one attached hydrogen (secondary N) is 2. The molecule has 10 heteroatoms. The van der Waals surface area contributed by atoms with Gasteiger partial charge in [-0.1, -0.05) is 24.6 Å². The molecule has 0 aromatic heterocycles. The molecule has 2 aromatic rings. The van der Waals surface area contributed by atoms with Crippen LogP contribution in [-0.2, 0) is 21.2 Å². The summed E-state index contributed by atoms with van der Waals surface area (Å²) in [6.45, 7) is -1.43. The molecule has 0 radical (unpaired) electrons. The molecular weight excluding hydrogens is 440 g/mol. The number of ether oxygens (including phenoxy) is 1. The number of nitrogens with zero attached hydrogens (tertiary/aromatic N) is 1. The van der Waals surface area contributed by atoms with Crippen molar-refractivity contribution >= 4 is 21.6 Å². The van der Waals surface area contributed by atoms with Crippen LogP contribution < -0.4 is 15.4 Å². The summed E-state index contributed by atoms with van der Waals surface area (Å²) in [5.41, 5.74) is 1.42. The molecule has 0 atom stereocenters. The number of benzene rings is 2. The highest BCUT2D eigenvalue weighted by atomic mass is 32.2. The molecule has 0 bridgehead atoms. The standard InChI is InChI=1S/C22H27F2N3O4S/c23-22(24)31-19-9-7-17(8-10-19)11-12-25-21(28)16-26-18-5-4-6-20(15-18)32(29,30)27-13-2-1-3-14-27/h4-10,15,22,26H,1-3,11-14,16H2,(H,25,28). The molecule has 3 rings (SSSR count). The normalized spacial score (nSPS) is 14.8. The van der Waals surface area contributed by atoms with Gasteiger partial charge in [0.1, 0.15) is 5.75 Å². The average Bonchev–Trinajstić information content (AvgIpc) is 2.79. The van der Waals surface area contributed by atoms with Crippen LogP contribution in [0, 0.1) is 0 Å². The Balaban J connectivity index is 1.45. The first-order valence-electron chi connectivity index (χ1n) is 10.5. The summed E-state index contributed by atoms with van der Waals surface area (Å²) >= 11 is 0. The third-order valence-corrected chi connectivity index (χ3v) is 7.02. The van der Waals surface area contributed by atoms with Crippen LogP contribution in [0.15, 0.2) is 53.4 Å². The van der Waals surface area contributed by atoms with E-state index in [1.165, 1.54) is 16.4 Å². The molecule has 0 saturated carbocycles. The quantitative estimate of drug-likeness (QED) is 0.560. The molecule has 0 aliphatic carbocycles. The number of halogens is 2. The SMILES string of the molecule is O=C(CNc1cccc(S(=O)(=O)N2CCCCC2)c1)NCCc1ccc(OC(F)F)cc1. The summed E-state index contributed by atoms with van der Waals surface area (Å²) in [4.78, 5) is 12.3. The summed E-state index contributed by atoms with van der Waals surface area (Å²) in [6.07, 6.45) is 3.31. The largest absolute Gasteiger partial charge is 0.435 e. The zero-order valence-electron chi connectivity index (χ0n) is 17.6. The number of carbonyl (C=O) groups is 1. The molecule has 2 N–H and O–H groups in total. The molecule has 1 fully saturated rings. The second kappa shape index (κ2) is 11.2. The van der Waals surface area contributed by atoms with E-state index in [0.29, 0.717) is 31.7 Å². The Hall–Kier alpha value is -2.72. The van der Waals surface area contributed by atoms with Crippen molar-refractivity contribution in [3.8, 4) is 5.75 Å². The van der Waals surface area contributed by atoms with E-state index in [2.05, 4.69) is 15.4 Å². The van der Waals surface area contributed by atoms with E-state index in [9.17, 15) is 22.0 Å². The van der Waals surface area contributed by atoms with Gasteiger partial charge < -0.3 is 15.4 Å². The maximum atomic E-state index is 12.8. The number of hydrogen-bond donors (Lipinski definition) is 2. The van der Waals surface area contributed by atoms with Gasteiger partial charge in [-0.3, -0.25) is 4.79 Å². The number of hydrogen-bond acceptors (Lipinski definition) is 5. The molecule has 0 spiro atoms. The van der Waals surface area contributed by atoms with Crippen LogP contribution >= 0.6 is 0 Å². The maximum Gasteiger partial charge on any atom is 0.387 e. The topological polar surface area (TPSA) is 87.7 Å². The Morgan fingerprint density at radius 2 is 1.78 bits per heavy atom. The van der Waals surface area contributed by atoms with Gasteiger partial charge in [-0.25, -0.2) is 8.42 Å². The average molecular weight is 468 g/mol. The van der Waals surface area contributed by atoms with E-state index in [0.717, 1.165) is 24.8 Å². The first kappa shape index (κ1) is 23.9. The van der Waals surface area contributed by atoms with Gasteiger partial charge in [-0.05, 0) is 55.2 Å². The van der Waals surface area contributed by atoms with E-state index >= 15 is 0 Å². The van der Waals surface area contributed by atoms with Gasteiger partial charge in [0.05, 0.1) is 11.4 Å². The molecule has 1 saturated heterocycles. The number of sulfonamides is 1. The number of anilines is 1. The van der Waals surface area contributed by atoms with Gasteiger partial charge in [0.15, 0.2) is 0 Å². The minimum atomic E-state index is -3.54. The predicted molar refractivity (Wildman–Crippen MR) is 117 cm³/mol. The van der Waals surface area contributed by atoms with Crippen molar-refractivity contribution in [3.05, 3.63) is 54.1 Å². The van der Waals surface area contributed by atoms with Crippen molar-refractivity contribution < 1.29 is 26.7 Å². The van der Waals surface area contributed by atoms with Gasteiger partial charge in [0.2, 0.25) is 15.9 Å². The minimum Gasteiger partial charge on any atom is -0.435 e. The Morgan fingerprint density at radius 1 is 1.06 bits per heavy atom. The lowest BCUT2D eigenvalue weighted by Crippen LogP contribution is -2.35. The zero-order chi connectivity index (χ0) is 23.0. The van der Waals surface area contributed by atoms with Crippen LogP contribution in [-0.4, -0.2) is 51.4 Å². The molecule has 2 aromatic carbocycles. The fraction of sp³-hybridized carbons (Fsp3) is 0.409. The molecule has 174 valence electrons. The molecule has 1 aliphatic rings. The van der Waals surface area contributed by atoms with Crippen LogP contribution in [0.4, 0.5) is 14.5 Å². The summed E-state index contributed by atoms with van der Waals surface area (Å²) in [5.74, 6) is -0.159. The van der Waals surface area contributed by atoms with Crippen molar-refractivity contribution in [3.63, 3.8) is 0 Å². The van der Waals surface area contributed by atoms with Gasteiger partial charge >= 0.3 is 6.61 Å². The lowest BCUT2D eigenvalue weighted by molar-refractivity contribution is -0.119. The number of amides is 1. The third kappa shape index (κ3) is 6.89. The van der Waals surface area contributed by atoms with Crippen molar-refractivity contribution in [1.82, 2.24) is 9.62 Å². The minimum absolute atomic E-state index is 0.00557. The van der Waals surface area contributed by atoms with Crippen LogP contribution in [0.2, 0.25) is 0 Å². The Bertz CT molecular complexity index is 994. The van der Waals surface area contributed by atoms with Gasteiger partial charge in [0, 0.05) is 25.3 Å². The first-order valence-corrected chi connectivity index (χ1v) is 11.9. The highest BCUT2D eigenvalue weighted by molar-refractivity contribution is 7.89. The van der Waals surface area contributed by atoms with Crippen LogP contribution in [0.3, 0.4) is 0 Å². The maximum absolute atomic E-state index is 12.8. The highest BCUT2D eigenvalue weighted by Gasteiger charge is 2.25. The van der Waals surface area contributed by atoms with Crippen molar-refractivity contribution in [2.24, 2.45) is 0 Å². The van der Waals surface area contributed by atoms with Crippen LogP contribution in [0.25, 0.3) is 0 Å². The van der Waals surface area contributed by atoms with Crippen LogP contribution in [0.5, 0.6) is 5.75 Å². The number of alkyl halides is 2. The van der Waals surface area contributed by atoms with E-state index in [4.69, 9.17) is 0 Å². The van der Waals surface area contributed by atoms with Crippen molar-refractivity contribution in [1.29, 1.82) is 0 Å². The molecule has 7 nitrogen and oxygen atoms in total. The molecule has 0 unspecified atom stereocenters. The molecule has 1 amide bonds. The lowest BCUT2D eigenvalue weighted by Gasteiger charge is -2.26. The van der Waals surface area contributed by atoms with Crippen molar-refractivity contribution in [2.45, 2.75) is 37.2 Å².